The monoisotopic (exact) mass is 299 g/mol. The highest BCUT2D eigenvalue weighted by Crippen LogP contribution is 2.17. The Morgan fingerprint density at radius 1 is 1.10 bits per heavy atom. The maximum atomic E-state index is 12.1. The molecule has 0 aliphatic rings. The predicted molar refractivity (Wildman–Crippen MR) is 84.0 cm³/mol. The van der Waals surface area contributed by atoms with Crippen LogP contribution in [0.4, 0.5) is 5.69 Å². The molecule has 5 nitrogen and oxygen atoms in total. The van der Waals surface area contributed by atoms with E-state index in [0.29, 0.717) is 18.8 Å². The van der Waals surface area contributed by atoms with Gasteiger partial charge < -0.3 is 5.32 Å². The molecule has 0 radical (unpaired) electrons. The van der Waals surface area contributed by atoms with Gasteiger partial charge in [-0.05, 0) is 31.2 Å². The van der Waals surface area contributed by atoms with Gasteiger partial charge in [-0.3, -0.25) is 4.72 Å². The normalized spacial score (nSPS) is 13.4. The van der Waals surface area contributed by atoms with Crippen LogP contribution in [0.3, 0.4) is 0 Å². The minimum atomic E-state index is -3.45. The number of hydrogen-bond donors (Lipinski definition) is 2. The van der Waals surface area contributed by atoms with Crippen molar-refractivity contribution >= 4 is 15.9 Å². The fraction of sp³-hybridized carbons (Fsp3) is 0.571. The molecule has 1 aromatic rings. The van der Waals surface area contributed by atoms with Crippen LogP contribution in [0.25, 0.3) is 0 Å². The molecule has 0 amide bonds. The van der Waals surface area contributed by atoms with Crippen LogP contribution in [0, 0.1) is 0 Å². The number of nitrogens with zero attached hydrogens (tertiary/aromatic N) is 1. The number of rotatable bonds is 8. The summed E-state index contributed by atoms with van der Waals surface area (Å²) in [6.45, 7) is 9.61. The third-order valence-corrected chi connectivity index (χ3v) is 4.90. The first kappa shape index (κ1) is 16.9. The van der Waals surface area contributed by atoms with Gasteiger partial charge in [0, 0.05) is 24.8 Å². The van der Waals surface area contributed by atoms with Crippen molar-refractivity contribution in [1.29, 1.82) is 0 Å². The molecule has 0 saturated carbocycles. The molecule has 0 bridgehead atoms. The molecule has 114 valence electrons. The third-order valence-electron chi connectivity index (χ3n) is 3.21. The Hall–Kier alpha value is -1.11. The summed E-state index contributed by atoms with van der Waals surface area (Å²) in [6, 6.07) is 7.73. The fourth-order valence-corrected chi connectivity index (χ4v) is 3.28. The van der Waals surface area contributed by atoms with Crippen LogP contribution in [-0.2, 0) is 10.2 Å². The molecule has 0 saturated heterocycles. The number of hydrogen-bond acceptors (Lipinski definition) is 3. The molecule has 1 aromatic carbocycles. The average Bonchev–Trinajstić information content (AvgIpc) is 2.40. The van der Waals surface area contributed by atoms with E-state index in [1.54, 1.807) is 12.1 Å². The SMILES string of the molecule is CCNC(C)c1ccc(NS(=O)(=O)N(CC)CC)cc1. The summed E-state index contributed by atoms with van der Waals surface area (Å²) >= 11 is 0. The van der Waals surface area contributed by atoms with Crippen molar-refractivity contribution in [2.45, 2.75) is 33.7 Å². The molecule has 0 aliphatic heterocycles. The van der Waals surface area contributed by atoms with E-state index in [2.05, 4.69) is 23.9 Å². The summed E-state index contributed by atoms with van der Waals surface area (Å²) in [6.07, 6.45) is 0. The van der Waals surface area contributed by atoms with Gasteiger partial charge in [-0.2, -0.15) is 12.7 Å². The van der Waals surface area contributed by atoms with Gasteiger partial charge in [-0.25, -0.2) is 0 Å². The van der Waals surface area contributed by atoms with Crippen molar-refractivity contribution in [1.82, 2.24) is 9.62 Å². The van der Waals surface area contributed by atoms with Crippen LogP contribution in [0.15, 0.2) is 24.3 Å². The van der Waals surface area contributed by atoms with E-state index in [9.17, 15) is 8.42 Å². The molecule has 0 fully saturated rings. The van der Waals surface area contributed by atoms with E-state index in [1.807, 2.05) is 26.0 Å². The lowest BCUT2D eigenvalue weighted by Crippen LogP contribution is -2.35. The Labute approximate surface area is 122 Å². The summed E-state index contributed by atoms with van der Waals surface area (Å²) in [5, 5.41) is 3.32. The van der Waals surface area contributed by atoms with Crippen LogP contribution in [0.5, 0.6) is 0 Å². The third kappa shape index (κ3) is 4.47. The fourth-order valence-electron chi connectivity index (χ4n) is 2.04. The first-order valence-corrected chi connectivity index (χ1v) is 8.49. The highest BCUT2D eigenvalue weighted by Gasteiger charge is 2.18. The van der Waals surface area contributed by atoms with Crippen LogP contribution in [-0.4, -0.2) is 32.4 Å². The second-order valence-electron chi connectivity index (χ2n) is 4.59. The second kappa shape index (κ2) is 7.61. The quantitative estimate of drug-likeness (QED) is 0.774. The van der Waals surface area contributed by atoms with E-state index in [0.717, 1.165) is 12.1 Å². The molecule has 1 unspecified atom stereocenters. The van der Waals surface area contributed by atoms with Gasteiger partial charge in [-0.15, -0.1) is 0 Å². The topological polar surface area (TPSA) is 61.4 Å². The summed E-state index contributed by atoms with van der Waals surface area (Å²) in [7, 11) is -3.45. The highest BCUT2D eigenvalue weighted by molar-refractivity contribution is 7.90. The first-order valence-electron chi connectivity index (χ1n) is 7.05. The maximum Gasteiger partial charge on any atom is 0.301 e. The molecule has 1 rings (SSSR count). The van der Waals surface area contributed by atoms with Crippen LogP contribution in [0.1, 0.15) is 39.3 Å². The second-order valence-corrected chi connectivity index (χ2v) is 6.26. The van der Waals surface area contributed by atoms with Gasteiger partial charge in [0.05, 0.1) is 0 Å². The Morgan fingerprint density at radius 3 is 2.10 bits per heavy atom. The average molecular weight is 299 g/mol. The molecule has 6 heteroatoms. The summed E-state index contributed by atoms with van der Waals surface area (Å²) in [5.74, 6) is 0. The van der Waals surface area contributed by atoms with Gasteiger partial charge in [0.1, 0.15) is 0 Å². The van der Waals surface area contributed by atoms with Crippen molar-refractivity contribution in [3.8, 4) is 0 Å². The van der Waals surface area contributed by atoms with E-state index < -0.39 is 10.2 Å². The molecule has 0 spiro atoms. The Morgan fingerprint density at radius 2 is 1.65 bits per heavy atom. The summed E-state index contributed by atoms with van der Waals surface area (Å²) < 4.78 is 28.2. The summed E-state index contributed by atoms with van der Waals surface area (Å²) in [5.41, 5.74) is 1.72. The number of anilines is 1. The molecule has 1 atom stereocenters. The van der Waals surface area contributed by atoms with E-state index in [1.165, 1.54) is 4.31 Å². The van der Waals surface area contributed by atoms with Crippen molar-refractivity contribution < 1.29 is 8.42 Å². The van der Waals surface area contributed by atoms with Crippen molar-refractivity contribution in [2.75, 3.05) is 24.4 Å². The summed E-state index contributed by atoms with van der Waals surface area (Å²) in [4.78, 5) is 0. The molecular weight excluding hydrogens is 274 g/mol. The molecular formula is C14H25N3O2S. The van der Waals surface area contributed by atoms with Gasteiger partial charge >= 0.3 is 10.2 Å². The maximum absolute atomic E-state index is 12.1. The first-order chi connectivity index (χ1) is 9.44. The molecule has 0 aromatic heterocycles. The van der Waals surface area contributed by atoms with E-state index >= 15 is 0 Å². The lowest BCUT2D eigenvalue weighted by atomic mass is 10.1. The predicted octanol–water partition coefficient (Wildman–Crippen LogP) is 2.36. The zero-order chi connectivity index (χ0) is 15.2. The number of benzene rings is 1. The largest absolute Gasteiger partial charge is 0.310 e. The van der Waals surface area contributed by atoms with Gasteiger partial charge in [0.2, 0.25) is 0 Å². The zero-order valence-corrected chi connectivity index (χ0v) is 13.5. The van der Waals surface area contributed by atoms with E-state index in [-0.39, 0.29) is 6.04 Å². The smallest absolute Gasteiger partial charge is 0.301 e. The minimum absolute atomic E-state index is 0.258. The lowest BCUT2D eigenvalue weighted by molar-refractivity contribution is 0.449. The van der Waals surface area contributed by atoms with Gasteiger partial charge in [0.25, 0.3) is 0 Å². The van der Waals surface area contributed by atoms with Gasteiger partial charge in [0.15, 0.2) is 0 Å². The van der Waals surface area contributed by atoms with Crippen LogP contribution in [0.2, 0.25) is 0 Å². The van der Waals surface area contributed by atoms with E-state index in [4.69, 9.17) is 0 Å². The zero-order valence-electron chi connectivity index (χ0n) is 12.7. The molecule has 20 heavy (non-hydrogen) atoms. The minimum Gasteiger partial charge on any atom is -0.310 e. The Bertz CT molecular complexity index is 496. The lowest BCUT2D eigenvalue weighted by Gasteiger charge is -2.20. The van der Waals surface area contributed by atoms with Crippen molar-refractivity contribution in [3.05, 3.63) is 29.8 Å². The standard InChI is InChI=1S/C14H25N3O2S/c1-5-15-12(4)13-8-10-14(11-9-13)16-20(18,19)17(6-2)7-3/h8-12,15-16H,5-7H2,1-4H3. The highest BCUT2D eigenvalue weighted by atomic mass is 32.2. The molecule has 0 aliphatic carbocycles. The van der Waals surface area contributed by atoms with Crippen molar-refractivity contribution in [2.24, 2.45) is 0 Å². The van der Waals surface area contributed by atoms with Gasteiger partial charge in [-0.1, -0.05) is 32.9 Å². The Balaban J connectivity index is 2.80. The number of nitrogens with one attached hydrogen (secondary N) is 2. The van der Waals surface area contributed by atoms with Crippen LogP contribution < -0.4 is 10.0 Å². The Kier molecular flexibility index (Phi) is 6.45. The molecule has 0 heterocycles. The molecule has 2 N–H and O–H groups in total. The van der Waals surface area contributed by atoms with Crippen molar-refractivity contribution in [3.63, 3.8) is 0 Å². The van der Waals surface area contributed by atoms with Crippen LogP contribution >= 0.6 is 0 Å².